The third kappa shape index (κ3) is 3.43. The van der Waals surface area contributed by atoms with Crippen LogP contribution >= 0.6 is 11.6 Å². The van der Waals surface area contributed by atoms with E-state index >= 15 is 0 Å². The van der Waals surface area contributed by atoms with E-state index in [0.29, 0.717) is 22.8 Å². The summed E-state index contributed by atoms with van der Waals surface area (Å²) in [6.07, 6.45) is 0.820. The summed E-state index contributed by atoms with van der Waals surface area (Å²) in [5.74, 6) is -0.0318. The van der Waals surface area contributed by atoms with E-state index in [-0.39, 0.29) is 11.9 Å². The standard InChI is InChI=1S/C19H18ClN3O/c1-13-6-7-16(10-17(13)20)22-19(24)18-8-9-23(18)12-15-5-3-2-4-14(15)11-21/h2-7,10,18H,8-9,12H2,1H3,(H,22,24)/t18-/m0/s1. The van der Waals surface area contributed by atoms with Gasteiger partial charge in [0.15, 0.2) is 0 Å². The molecule has 4 nitrogen and oxygen atoms in total. The van der Waals surface area contributed by atoms with Crippen LogP contribution in [0.3, 0.4) is 0 Å². The van der Waals surface area contributed by atoms with Crippen molar-refractivity contribution in [2.75, 3.05) is 11.9 Å². The molecule has 0 radical (unpaired) electrons. The highest BCUT2D eigenvalue weighted by molar-refractivity contribution is 6.31. The van der Waals surface area contributed by atoms with Gasteiger partial charge in [-0.15, -0.1) is 0 Å². The van der Waals surface area contributed by atoms with Crippen molar-refractivity contribution in [3.63, 3.8) is 0 Å². The van der Waals surface area contributed by atoms with Gasteiger partial charge in [0.1, 0.15) is 0 Å². The Bertz CT molecular complexity index is 812. The molecule has 1 aliphatic rings. The number of amides is 1. The molecule has 1 N–H and O–H groups in total. The molecule has 1 aliphatic heterocycles. The van der Waals surface area contributed by atoms with Gasteiger partial charge in [0.05, 0.1) is 17.7 Å². The maximum Gasteiger partial charge on any atom is 0.241 e. The molecule has 2 aromatic carbocycles. The molecule has 0 unspecified atom stereocenters. The average Bonchev–Trinajstić information content (AvgIpc) is 2.55. The Morgan fingerprint density at radius 3 is 2.83 bits per heavy atom. The maximum atomic E-state index is 12.5. The van der Waals surface area contributed by atoms with Crippen LogP contribution in [0, 0.1) is 18.3 Å². The zero-order valence-corrected chi connectivity index (χ0v) is 14.2. The summed E-state index contributed by atoms with van der Waals surface area (Å²) in [5.41, 5.74) is 3.30. The normalized spacial score (nSPS) is 17.0. The van der Waals surface area contributed by atoms with Crippen LogP contribution in [-0.2, 0) is 11.3 Å². The van der Waals surface area contributed by atoms with Crippen molar-refractivity contribution >= 4 is 23.2 Å². The molecule has 1 saturated heterocycles. The van der Waals surface area contributed by atoms with Crippen LogP contribution in [0.25, 0.3) is 0 Å². The minimum Gasteiger partial charge on any atom is -0.325 e. The fourth-order valence-corrected chi connectivity index (χ4v) is 2.99. The molecular formula is C19H18ClN3O. The first-order valence-electron chi connectivity index (χ1n) is 7.87. The Labute approximate surface area is 146 Å². The number of anilines is 1. The number of rotatable bonds is 4. The first-order chi connectivity index (χ1) is 11.6. The van der Waals surface area contributed by atoms with Gasteiger partial charge >= 0.3 is 0 Å². The molecule has 0 spiro atoms. The molecule has 1 fully saturated rings. The molecule has 0 saturated carbocycles. The smallest absolute Gasteiger partial charge is 0.241 e. The molecule has 1 heterocycles. The Hall–Kier alpha value is -2.35. The lowest BCUT2D eigenvalue weighted by Gasteiger charge is -2.39. The third-order valence-corrected chi connectivity index (χ3v) is 4.79. The number of halogens is 1. The Morgan fingerprint density at radius 1 is 1.38 bits per heavy atom. The lowest BCUT2D eigenvalue weighted by molar-refractivity contribution is -0.125. The number of benzene rings is 2. The first-order valence-corrected chi connectivity index (χ1v) is 8.25. The number of hydrogen-bond donors (Lipinski definition) is 1. The fraction of sp³-hybridized carbons (Fsp3) is 0.263. The number of nitrogens with zero attached hydrogens (tertiary/aromatic N) is 2. The monoisotopic (exact) mass is 339 g/mol. The number of carbonyl (C=O) groups is 1. The Balaban J connectivity index is 1.66. The highest BCUT2D eigenvalue weighted by Gasteiger charge is 2.34. The van der Waals surface area contributed by atoms with Crippen LogP contribution in [-0.4, -0.2) is 23.4 Å². The molecule has 0 bridgehead atoms. The quantitative estimate of drug-likeness (QED) is 0.923. The van der Waals surface area contributed by atoms with Gasteiger partial charge in [0.25, 0.3) is 0 Å². The number of likely N-dealkylation sites (tertiary alicyclic amines) is 1. The van der Waals surface area contributed by atoms with E-state index in [0.717, 1.165) is 24.1 Å². The number of aryl methyl sites for hydroxylation is 1. The lowest BCUT2D eigenvalue weighted by atomic mass is 9.99. The lowest BCUT2D eigenvalue weighted by Crippen LogP contribution is -2.53. The summed E-state index contributed by atoms with van der Waals surface area (Å²) >= 11 is 6.10. The van der Waals surface area contributed by atoms with Gasteiger partial charge in [-0.1, -0.05) is 35.9 Å². The molecule has 1 atom stereocenters. The Kier molecular flexibility index (Phi) is 4.84. The molecule has 0 aromatic heterocycles. The van der Waals surface area contributed by atoms with E-state index in [9.17, 15) is 10.1 Å². The summed E-state index contributed by atoms with van der Waals surface area (Å²) in [5, 5.41) is 12.7. The summed E-state index contributed by atoms with van der Waals surface area (Å²) in [4.78, 5) is 14.6. The number of hydrogen-bond acceptors (Lipinski definition) is 3. The van der Waals surface area contributed by atoms with Gasteiger partial charge in [-0.05, 0) is 42.7 Å². The van der Waals surface area contributed by atoms with E-state index in [1.165, 1.54) is 0 Å². The largest absolute Gasteiger partial charge is 0.325 e. The molecule has 24 heavy (non-hydrogen) atoms. The summed E-state index contributed by atoms with van der Waals surface area (Å²) in [6, 6.07) is 15.0. The second kappa shape index (κ2) is 7.04. The van der Waals surface area contributed by atoms with Crippen molar-refractivity contribution in [1.82, 2.24) is 4.90 Å². The van der Waals surface area contributed by atoms with Crippen LogP contribution in [0.4, 0.5) is 5.69 Å². The molecule has 3 rings (SSSR count). The van der Waals surface area contributed by atoms with Crippen LogP contribution in [0.15, 0.2) is 42.5 Å². The van der Waals surface area contributed by atoms with Gasteiger partial charge in [0, 0.05) is 23.8 Å². The predicted molar refractivity (Wildman–Crippen MR) is 94.8 cm³/mol. The zero-order chi connectivity index (χ0) is 17.1. The number of nitriles is 1. The van der Waals surface area contributed by atoms with Gasteiger partial charge in [-0.3, -0.25) is 9.69 Å². The summed E-state index contributed by atoms with van der Waals surface area (Å²) < 4.78 is 0. The van der Waals surface area contributed by atoms with E-state index < -0.39 is 0 Å². The first kappa shape index (κ1) is 16.5. The minimum absolute atomic E-state index is 0.0318. The second-order valence-corrected chi connectivity index (χ2v) is 6.40. The second-order valence-electron chi connectivity index (χ2n) is 6.00. The molecule has 1 amide bonds. The van der Waals surface area contributed by atoms with Gasteiger partial charge in [-0.2, -0.15) is 5.26 Å². The van der Waals surface area contributed by atoms with E-state index in [1.54, 1.807) is 12.1 Å². The van der Waals surface area contributed by atoms with Crippen LogP contribution in [0.5, 0.6) is 0 Å². The summed E-state index contributed by atoms with van der Waals surface area (Å²) in [6.45, 7) is 3.39. The predicted octanol–water partition coefficient (Wildman–Crippen LogP) is 3.73. The molecular weight excluding hydrogens is 322 g/mol. The van der Waals surface area contributed by atoms with Gasteiger partial charge in [0.2, 0.25) is 5.91 Å². The SMILES string of the molecule is Cc1ccc(NC(=O)[C@@H]2CCN2Cc2ccccc2C#N)cc1Cl. The van der Waals surface area contributed by atoms with E-state index in [4.69, 9.17) is 11.6 Å². The zero-order valence-electron chi connectivity index (χ0n) is 13.4. The number of nitrogens with one attached hydrogen (secondary N) is 1. The highest BCUT2D eigenvalue weighted by Crippen LogP contribution is 2.25. The summed E-state index contributed by atoms with van der Waals surface area (Å²) in [7, 11) is 0. The average molecular weight is 340 g/mol. The van der Waals surface area contributed by atoms with Crippen molar-refractivity contribution in [3.8, 4) is 6.07 Å². The van der Waals surface area contributed by atoms with Crippen molar-refractivity contribution < 1.29 is 4.79 Å². The molecule has 0 aliphatic carbocycles. The van der Waals surface area contributed by atoms with Crippen LogP contribution < -0.4 is 5.32 Å². The fourth-order valence-electron chi connectivity index (χ4n) is 2.81. The van der Waals surface area contributed by atoms with Gasteiger partial charge in [-0.25, -0.2) is 0 Å². The van der Waals surface area contributed by atoms with E-state index in [2.05, 4.69) is 16.3 Å². The van der Waals surface area contributed by atoms with Crippen molar-refractivity contribution in [1.29, 1.82) is 5.26 Å². The molecule has 5 heteroatoms. The molecule has 2 aromatic rings. The van der Waals surface area contributed by atoms with Crippen LogP contribution in [0.1, 0.15) is 23.1 Å². The highest BCUT2D eigenvalue weighted by atomic mass is 35.5. The van der Waals surface area contributed by atoms with Crippen molar-refractivity contribution in [2.45, 2.75) is 25.9 Å². The topological polar surface area (TPSA) is 56.1 Å². The van der Waals surface area contributed by atoms with Crippen molar-refractivity contribution in [2.24, 2.45) is 0 Å². The van der Waals surface area contributed by atoms with Crippen molar-refractivity contribution in [3.05, 3.63) is 64.2 Å². The van der Waals surface area contributed by atoms with Crippen LogP contribution in [0.2, 0.25) is 5.02 Å². The number of carbonyl (C=O) groups excluding carboxylic acids is 1. The third-order valence-electron chi connectivity index (χ3n) is 4.38. The molecule has 122 valence electrons. The maximum absolute atomic E-state index is 12.5. The minimum atomic E-state index is -0.170. The van der Waals surface area contributed by atoms with E-state index in [1.807, 2.05) is 37.3 Å². The Morgan fingerprint density at radius 2 is 2.17 bits per heavy atom. The van der Waals surface area contributed by atoms with Gasteiger partial charge < -0.3 is 5.32 Å².